The molecule has 0 unspecified atom stereocenters. The van der Waals surface area contributed by atoms with Gasteiger partial charge in [-0.25, -0.2) is 4.98 Å². The van der Waals surface area contributed by atoms with Gasteiger partial charge in [-0.2, -0.15) is 0 Å². The lowest BCUT2D eigenvalue weighted by Crippen LogP contribution is -1.93. The first-order valence-corrected chi connectivity index (χ1v) is 8.22. The summed E-state index contributed by atoms with van der Waals surface area (Å²) in [6.45, 7) is 2.26. The standard InChI is InChI=1S/C19H15Cl2NO2/c1-2-24-18-11-12(10-15(21)19(18)23)9-14(20)17-8-7-13-5-3-4-6-16(13)22-17/h3-11,23H,2H2,1H3/b14-9-. The van der Waals surface area contributed by atoms with Crippen LogP contribution < -0.4 is 4.74 Å². The lowest BCUT2D eigenvalue weighted by atomic mass is 10.1. The number of rotatable bonds is 4. The van der Waals surface area contributed by atoms with Gasteiger partial charge in [-0.1, -0.05) is 47.5 Å². The lowest BCUT2D eigenvalue weighted by Gasteiger charge is -2.09. The number of phenolic OH excluding ortho intramolecular Hbond substituents is 1. The Kier molecular flexibility index (Phi) is 4.93. The summed E-state index contributed by atoms with van der Waals surface area (Å²) in [6.07, 6.45) is 1.74. The highest BCUT2D eigenvalue weighted by molar-refractivity contribution is 6.51. The molecule has 122 valence electrons. The number of benzene rings is 2. The van der Waals surface area contributed by atoms with Gasteiger partial charge in [0.1, 0.15) is 0 Å². The lowest BCUT2D eigenvalue weighted by molar-refractivity contribution is 0.318. The summed E-state index contributed by atoms with van der Waals surface area (Å²) in [5.41, 5.74) is 2.26. The number of fused-ring (bicyclic) bond motifs is 1. The van der Waals surface area contributed by atoms with Crippen LogP contribution in [-0.2, 0) is 0 Å². The molecule has 0 saturated heterocycles. The first kappa shape index (κ1) is 16.6. The average Bonchev–Trinajstić information content (AvgIpc) is 2.59. The summed E-state index contributed by atoms with van der Waals surface area (Å²) in [6, 6.07) is 15.0. The summed E-state index contributed by atoms with van der Waals surface area (Å²) in [7, 11) is 0. The van der Waals surface area contributed by atoms with Crippen LogP contribution in [0.4, 0.5) is 0 Å². The number of aromatic hydroxyl groups is 1. The third-order valence-corrected chi connectivity index (χ3v) is 4.08. The molecule has 0 bridgehead atoms. The van der Waals surface area contributed by atoms with Gasteiger partial charge in [-0.3, -0.25) is 0 Å². The van der Waals surface area contributed by atoms with E-state index in [1.54, 1.807) is 18.2 Å². The van der Waals surface area contributed by atoms with Crippen molar-refractivity contribution in [2.45, 2.75) is 6.92 Å². The number of ether oxygens (including phenoxy) is 1. The summed E-state index contributed by atoms with van der Waals surface area (Å²) < 4.78 is 5.38. The minimum atomic E-state index is -0.0735. The van der Waals surface area contributed by atoms with Gasteiger partial charge in [0, 0.05) is 5.39 Å². The molecule has 24 heavy (non-hydrogen) atoms. The van der Waals surface area contributed by atoms with Crippen molar-refractivity contribution in [2.24, 2.45) is 0 Å². The van der Waals surface area contributed by atoms with Crippen LogP contribution in [0.1, 0.15) is 18.2 Å². The van der Waals surface area contributed by atoms with Gasteiger partial charge in [0.2, 0.25) is 0 Å². The quantitative estimate of drug-likeness (QED) is 0.646. The summed E-state index contributed by atoms with van der Waals surface area (Å²) >= 11 is 12.5. The Bertz CT molecular complexity index is 922. The molecule has 0 aliphatic rings. The van der Waals surface area contributed by atoms with E-state index in [1.807, 2.05) is 43.3 Å². The Labute approximate surface area is 150 Å². The molecule has 0 spiro atoms. The molecule has 2 aromatic carbocycles. The van der Waals surface area contributed by atoms with Crippen LogP contribution in [0.25, 0.3) is 22.0 Å². The summed E-state index contributed by atoms with van der Waals surface area (Å²) in [5.74, 6) is 0.253. The van der Waals surface area contributed by atoms with Crippen LogP contribution >= 0.6 is 23.2 Å². The SMILES string of the molecule is CCOc1cc(/C=C(\Cl)c2ccc3ccccc3n2)cc(Cl)c1O. The third kappa shape index (κ3) is 3.48. The maximum Gasteiger partial charge on any atom is 0.176 e. The molecule has 0 fully saturated rings. The first-order valence-electron chi connectivity index (χ1n) is 7.47. The zero-order valence-corrected chi connectivity index (χ0v) is 14.5. The average molecular weight is 360 g/mol. The Morgan fingerprint density at radius 1 is 1.21 bits per heavy atom. The van der Waals surface area contributed by atoms with Gasteiger partial charge in [0.05, 0.1) is 27.9 Å². The fourth-order valence-electron chi connectivity index (χ4n) is 2.36. The van der Waals surface area contributed by atoms with Crippen LogP contribution in [-0.4, -0.2) is 16.7 Å². The van der Waals surface area contributed by atoms with Crippen LogP contribution in [0, 0.1) is 0 Å². The molecule has 0 aliphatic carbocycles. The fraction of sp³-hybridized carbons (Fsp3) is 0.105. The molecule has 0 aliphatic heterocycles. The molecule has 0 amide bonds. The van der Waals surface area contributed by atoms with Crippen molar-refractivity contribution in [1.29, 1.82) is 0 Å². The Morgan fingerprint density at radius 3 is 2.79 bits per heavy atom. The maximum atomic E-state index is 9.90. The number of pyridine rings is 1. The predicted molar refractivity (Wildman–Crippen MR) is 99.8 cm³/mol. The number of hydrogen-bond acceptors (Lipinski definition) is 3. The first-order chi connectivity index (χ1) is 11.6. The number of hydrogen-bond donors (Lipinski definition) is 1. The van der Waals surface area contributed by atoms with E-state index < -0.39 is 0 Å². The van der Waals surface area contributed by atoms with Gasteiger partial charge >= 0.3 is 0 Å². The molecular formula is C19H15Cl2NO2. The monoisotopic (exact) mass is 359 g/mol. The van der Waals surface area contributed by atoms with E-state index in [-0.39, 0.29) is 10.8 Å². The predicted octanol–water partition coefficient (Wildman–Crippen LogP) is 5.73. The minimum Gasteiger partial charge on any atom is -0.503 e. The number of aromatic nitrogens is 1. The highest BCUT2D eigenvalue weighted by atomic mass is 35.5. The molecule has 5 heteroatoms. The number of halogens is 2. The van der Waals surface area contributed by atoms with Gasteiger partial charge < -0.3 is 9.84 Å². The minimum absolute atomic E-state index is 0.0735. The van der Waals surface area contributed by atoms with Gasteiger partial charge in [-0.05, 0) is 42.8 Å². The highest BCUT2D eigenvalue weighted by Gasteiger charge is 2.10. The van der Waals surface area contributed by atoms with Crippen molar-refractivity contribution in [2.75, 3.05) is 6.61 Å². The largest absolute Gasteiger partial charge is 0.503 e. The topological polar surface area (TPSA) is 42.4 Å². The second-order valence-electron chi connectivity index (χ2n) is 5.16. The van der Waals surface area contributed by atoms with Crippen molar-refractivity contribution in [1.82, 2.24) is 4.98 Å². The number of para-hydroxylation sites is 1. The van der Waals surface area contributed by atoms with E-state index in [9.17, 15) is 5.11 Å². The third-order valence-electron chi connectivity index (χ3n) is 3.49. The van der Waals surface area contributed by atoms with E-state index in [0.29, 0.717) is 23.1 Å². The second-order valence-corrected chi connectivity index (χ2v) is 5.98. The Morgan fingerprint density at radius 2 is 2.00 bits per heavy atom. The Hall–Kier alpha value is -2.23. The van der Waals surface area contributed by atoms with Crippen molar-refractivity contribution in [3.63, 3.8) is 0 Å². The molecule has 0 radical (unpaired) electrons. The zero-order chi connectivity index (χ0) is 17.1. The Balaban J connectivity index is 2.00. The molecule has 3 nitrogen and oxygen atoms in total. The van der Waals surface area contributed by atoms with E-state index in [1.165, 1.54) is 0 Å². The van der Waals surface area contributed by atoms with E-state index in [0.717, 1.165) is 16.5 Å². The van der Waals surface area contributed by atoms with E-state index >= 15 is 0 Å². The van der Waals surface area contributed by atoms with Gasteiger partial charge in [-0.15, -0.1) is 0 Å². The van der Waals surface area contributed by atoms with Crippen LogP contribution in [0.15, 0.2) is 48.5 Å². The molecular weight excluding hydrogens is 345 g/mol. The van der Waals surface area contributed by atoms with E-state index in [2.05, 4.69) is 4.98 Å². The number of nitrogens with zero attached hydrogens (tertiary/aromatic N) is 1. The van der Waals surface area contributed by atoms with Crippen molar-refractivity contribution < 1.29 is 9.84 Å². The normalized spacial score (nSPS) is 11.7. The molecule has 3 aromatic rings. The summed E-state index contributed by atoms with van der Waals surface area (Å²) in [4.78, 5) is 4.56. The fourth-order valence-corrected chi connectivity index (χ4v) is 2.81. The molecule has 1 aromatic heterocycles. The maximum absolute atomic E-state index is 9.90. The van der Waals surface area contributed by atoms with Gasteiger partial charge in [0.15, 0.2) is 11.5 Å². The van der Waals surface area contributed by atoms with Crippen LogP contribution in [0.3, 0.4) is 0 Å². The van der Waals surface area contributed by atoms with Crippen molar-refractivity contribution >= 4 is 45.2 Å². The summed E-state index contributed by atoms with van der Waals surface area (Å²) in [5, 5.41) is 11.6. The number of phenols is 1. The van der Waals surface area contributed by atoms with Crippen LogP contribution in [0.5, 0.6) is 11.5 Å². The highest BCUT2D eigenvalue weighted by Crippen LogP contribution is 2.36. The van der Waals surface area contributed by atoms with Crippen molar-refractivity contribution in [3.05, 3.63) is 64.8 Å². The van der Waals surface area contributed by atoms with Gasteiger partial charge in [0.25, 0.3) is 0 Å². The molecule has 1 N–H and O–H groups in total. The zero-order valence-electron chi connectivity index (χ0n) is 13.0. The molecule has 0 atom stereocenters. The van der Waals surface area contributed by atoms with Crippen LogP contribution in [0.2, 0.25) is 5.02 Å². The molecule has 1 heterocycles. The second kappa shape index (κ2) is 7.12. The smallest absolute Gasteiger partial charge is 0.176 e. The van der Waals surface area contributed by atoms with E-state index in [4.69, 9.17) is 27.9 Å². The molecule has 3 rings (SSSR count). The van der Waals surface area contributed by atoms with Crippen molar-refractivity contribution in [3.8, 4) is 11.5 Å². The molecule has 0 saturated carbocycles.